The predicted octanol–water partition coefficient (Wildman–Crippen LogP) is 5.55. The summed E-state index contributed by atoms with van der Waals surface area (Å²) in [5.74, 6) is 0.691. The molecule has 0 saturated heterocycles. The molecule has 0 fully saturated rings. The molecule has 3 rings (SSSR count). The molecule has 0 amide bonds. The number of rotatable bonds is 7. The first-order chi connectivity index (χ1) is 15.9. The molecule has 0 radical (unpaired) electrons. The van der Waals surface area contributed by atoms with E-state index in [0.717, 1.165) is 11.4 Å². The lowest BCUT2D eigenvalue weighted by atomic mass is 10.2. The number of esters is 1. The van der Waals surface area contributed by atoms with E-state index in [9.17, 15) is 4.79 Å². The Balaban J connectivity index is 1.61. The SMILES string of the molecule is COc1ccc(NC(=S)NN=Cc2ccc(OC(=O)c3ccc(Cl)cc3Cl)c(OC)c2)cc1. The highest BCUT2D eigenvalue weighted by molar-refractivity contribution is 7.80. The number of methoxy groups -OCH3 is 2. The van der Waals surface area contributed by atoms with Crippen LogP contribution in [-0.4, -0.2) is 31.5 Å². The zero-order chi connectivity index (χ0) is 23.8. The van der Waals surface area contributed by atoms with Crippen LogP contribution in [0, 0.1) is 0 Å². The van der Waals surface area contributed by atoms with Crippen molar-refractivity contribution in [1.29, 1.82) is 0 Å². The average Bonchev–Trinajstić information content (AvgIpc) is 2.80. The first-order valence-corrected chi connectivity index (χ1v) is 10.7. The fraction of sp³-hybridized carbons (Fsp3) is 0.0870. The number of hydrogen-bond donors (Lipinski definition) is 2. The Morgan fingerprint density at radius 2 is 1.73 bits per heavy atom. The van der Waals surface area contributed by atoms with Crippen molar-refractivity contribution in [2.75, 3.05) is 19.5 Å². The summed E-state index contributed by atoms with van der Waals surface area (Å²) >= 11 is 17.2. The van der Waals surface area contributed by atoms with Gasteiger partial charge >= 0.3 is 5.97 Å². The van der Waals surface area contributed by atoms with Crippen LogP contribution in [0.2, 0.25) is 10.0 Å². The molecule has 33 heavy (non-hydrogen) atoms. The third-order valence-electron chi connectivity index (χ3n) is 4.27. The zero-order valence-corrected chi connectivity index (χ0v) is 19.9. The molecule has 0 spiro atoms. The molecule has 0 heterocycles. The Morgan fingerprint density at radius 1 is 0.970 bits per heavy atom. The highest BCUT2D eigenvalue weighted by Crippen LogP contribution is 2.30. The van der Waals surface area contributed by atoms with E-state index in [1.807, 2.05) is 24.3 Å². The van der Waals surface area contributed by atoms with Crippen LogP contribution in [0.1, 0.15) is 15.9 Å². The summed E-state index contributed by atoms with van der Waals surface area (Å²) in [6, 6.07) is 16.8. The minimum atomic E-state index is -0.631. The smallest absolute Gasteiger partial charge is 0.345 e. The second-order valence-electron chi connectivity index (χ2n) is 6.48. The largest absolute Gasteiger partial charge is 0.497 e. The Labute approximate surface area is 206 Å². The summed E-state index contributed by atoms with van der Waals surface area (Å²) in [4.78, 5) is 12.5. The molecule has 0 aromatic heterocycles. The third-order valence-corrected chi connectivity index (χ3v) is 5.01. The van der Waals surface area contributed by atoms with Crippen LogP contribution >= 0.6 is 35.4 Å². The lowest BCUT2D eigenvalue weighted by Crippen LogP contribution is -2.23. The molecule has 7 nitrogen and oxygen atoms in total. The van der Waals surface area contributed by atoms with E-state index in [1.54, 1.807) is 37.6 Å². The van der Waals surface area contributed by atoms with Crippen molar-refractivity contribution < 1.29 is 19.0 Å². The van der Waals surface area contributed by atoms with Crippen LogP contribution in [-0.2, 0) is 0 Å². The van der Waals surface area contributed by atoms with Gasteiger partial charge in [0.05, 0.1) is 31.0 Å². The van der Waals surface area contributed by atoms with Gasteiger partial charge in [0.2, 0.25) is 0 Å². The van der Waals surface area contributed by atoms with Gasteiger partial charge in [-0.15, -0.1) is 0 Å². The number of hydrazone groups is 1. The molecule has 0 unspecified atom stereocenters. The summed E-state index contributed by atoms with van der Waals surface area (Å²) < 4.78 is 15.9. The van der Waals surface area contributed by atoms with E-state index < -0.39 is 5.97 Å². The Morgan fingerprint density at radius 3 is 2.39 bits per heavy atom. The molecule has 2 N–H and O–H groups in total. The fourth-order valence-corrected chi connectivity index (χ4v) is 3.31. The monoisotopic (exact) mass is 503 g/mol. The van der Waals surface area contributed by atoms with Crippen LogP contribution in [0.25, 0.3) is 0 Å². The van der Waals surface area contributed by atoms with E-state index in [4.69, 9.17) is 49.6 Å². The summed E-state index contributed by atoms with van der Waals surface area (Å²) in [6.07, 6.45) is 1.55. The van der Waals surface area contributed by atoms with Gasteiger partial charge in [-0.1, -0.05) is 23.2 Å². The van der Waals surface area contributed by atoms with Crippen molar-refractivity contribution in [3.05, 3.63) is 81.8 Å². The number of nitrogens with one attached hydrogen (secondary N) is 2. The van der Waals surface area contributed by atoms with Gasteiger partial charge in [0.15, 0.2) is 16.6 Å². The summed E-state index contributed by atoms with van der Waals surface area (Å²) in [6.45, 7) is 0. The van der Waals surface area contributed by atoms with Gasteiger partial charge in [0, 0.05) is 10.7 Å². The average molecular weight is 504 g/mol. The van der Waals surface area contributed by atoms with Crippen molar-refractivity contribution >= 4 is 58.4 Å². The molecule has 170 valence electrons. The van der Waals surface area contributed by atoms with Gasteiger partial charge in [0.25, 0.3) is 0 Å². The number of benzene rings is 3. The Bertz CT molecular complexity index is 1190. The van der Waals surface area contributed by atoms with Gasteiger partial charge in [0.1, 0.15) is 5.75 Å². The molecule has 0 aliphatic rings. The van der Waals surface area contributed by atoms with E-state index in [2.05, 4.69) is 15.8 Å². The molecular formula is C23H19Cl2N3O4S. The molecule has 0 atom stereocenters. The van der Waals surface area contributed by atoms with E-state index in [0.29, 0.717) is 21.4 Å². The predicted molar refractivity (Wildman–Crippen MR) is 134 cm³/mol. The third kappa shape index (κ3) is 6.82. The van der Waals surface area contributed by atoms with Gasteiger partial charge in [-0.05, 0) is 78.4 Å². The Hall–Kier alpha value is -3.33. The molecule has 0 aliphatic heterocycles. The van der Waals surface area contributed by atoms with Crippen LogP contribution in [0.4, 0.5) is 5.69 Å². The van der Waals surface area contributed by atoms with Crippen molar-refractivity contribution in [2.24, 2.45) is 5.10 Å². The van der Waals surface area contributed by atoms with E-state index in [1.165, 1.54) is 19.2 Å². The number of carbonyl (C=O) groups is 1. The minimum absolute atomic E-state index is 0.191. The Kier molecular flexibility index (Phi) is 8.48. The first-order valence-electron chi connectivity index (χ1n) is 9.49. The number of halogens is 2. The molecule has 0 saturated carbocycles. The molecular weight excluding hydrogens is 485 g/mol. The minimum Gasteiger partial charge on any atom is -0.497 e. The maximum atomic E-state index is 12.5. The molecule has 10 heteroatoms. The van der Waals surface area contributed by atoms with E-state index >= 15 is 0 Å². The second kappa shape index (κ2) is 11.5. The van der Waals surface area contributed by atoms with E-state index in [-0.39, 0.29) is 16.3 Å². The highest BCUT2D eigenvalue weighted by atomic mass is 35.5. The summed E-state index contributed by atoms with van der Waals surface area (Å²) in [7, 11) is 3.07. The van der Waals surface area contributed by atoms with Crippen LogP contribution in [0.5, 0.6) is 17.2 Å². The zero-order valence-electron chi connectivity index (χ0n) is 17.6. The first kappa shape index (κ1) is 24.3. The van der Waals surface area contributed by atoms with Crippen LogP contribution < -0.4 is 25.0 Å². The maximum absolute atomic E-state index is 12.5. The number of hydrogen-bond acceptors (Lipinski definition) is 6. The number of ether oxygens (including phenoxy) is 3. The second-order valence-corrected chi connectivity index (χ2v) is 7.73. The van der Waals surface area contributed by atoms with Crippen molar-refractivity contribution in [1.82, 2.24) is 5.43 Å². The highest BCUT2D eigenvalue weighted by Gasteiger charge is 2.16. The van der Waals surface area contributed by atoms with Crippen LogP contribution in [0.3, 0.4) is 0 Å². The number of carbonyl (C=O) groups excluding carboxylic acids is 1. The van der Waals surface area contributed by atoms with Gasteiger partial charge in [-0.2, -0.15) is 5.10 Å². The van der Waals surface area contributed by atoms with Crippen molar-refractivity contribution in [3.63, 3.8) is 0 Å². The van der Waals surface area contributed by atoms with Gasteiger partial charge < -0.3 is 19.5 Å². The van der Waals surface area contributed by atoms with Crippen molar-refractivity contribution in [2.45, 2.75) is 0 Å². The summed E-state index contributed by atoms with van der Waals surface area (Å²) in [5.41, 5.74) is 4.40. The number of thiocarbonyl (C=S) groups is 1. The quantitative estimate of drug-likeness (QED) is 0.144. The topological polar surface area (TPSA) is 81.2 Å². The molecule has 0 aliphatic carbocycles. The maximum Gasteiger partial charge on any atom is 0.345 e. The summed E-state index contributed by atoms with van der Waals surface area (Å²) in [5, 5.41) is 8.04. The number of nitrogens with zero attached hydrogens (tertiary/aromatic N) is 1. The van der Waals surface area contributed by atoms with Gasteiger partial charge in [-0.3, -0.25) is 5.43 Å². The fourth-order valence-electron chi connectivity index (χ4n) is 2.66. The lowest BCUT2D eigenvalue weighted by molar-refractivity contribution is 0.0730. The number of anilines is 1. The molecule has 3 aromatic rings. The van der Waals surface area contributed by atoms with Crippen LogP contribution in [0.15, 0.2) is 65.8 Å². The lowest BCUT2D eigenvalue weighted by Gasteiger charge is -2.11. The van der Waals surface area contributed by atoms with Crippen molar-refractivity contribution in [3.8, 4) is 17.2 Å². The molecule has 3 aromatic carbocycles. The normalized spacial score (nSPS) is 10.5. The van der Waals surface area contributed by atoms with Gasteiger partial charge in [-0.25, -0.2) is 4.79 Å². The standard InChI is InChI=1S/C23H19Cl2N3O4S/c1-30-17-7-5-16(6-8-17)27-23(33)28-26-13-14-3-10-20(21(11-14)31-2)32-22(29)18-9-4-15(24)12-19(18)25/h3-13H,1-2H3,(H2,27,28,33). The molecule has 0 bridgehead atoms.